The molecule has 102 valence electrons. The largest absolute Gasteiger partial charge is 0.454 e. The summed E-state index contributed by atoms with van der Waals surface area (Å²) >= 11 is 3.54. The highest BCUT2D eigenvalue weighted by atomic mass is 79.9. The third-order valence-electron chi connectivity index (χ3n) is 2.74. The number of nitrogens with two attached hydrogens (primary N) is 1. The highest BCUT2D eigenvalue weighted by Gasteiger charge is 2.04. The SMILES string of the molecule is CCCn1cc(Oc2ccc(CCN)c(Br)c2)cn1. The van der Waals surface area contributed by atoms with Gasteiger partial charge >= 0.3 is 0 Å². The Morgan fingerprint density at radius 1 is 1.37 bits per heavy atom. The van der Waals surface area contributed by atoms with E-state index in [9.17, 15) is 0 Å². The maximum Gasteiger partial charge on any atom is 0.165 e. The van der Waals surface area contributed by atoms with Crippen molar-refractivity contribution in [2.75, 3.05) is 6.54 Å². The average Bonchev–Trinajstić information content (AvgIpc) is 2.81. The lowest BCUT2D eigenvalue weighted by atomic mass is 10.1. The van der Waals surface area contributed by atoms with Crippen molar-refractivity contribution in [3.05, 3.63) is 40.6 Å². The van der Waals surface area contributed by atoms with Crippen LogP contribution in [0.5, 0.6) is 11.5 Å². The van der Waals surface area contributed by atoms with Gasteiger partial charge in [0, 0.05) is 11.0 Å². The highest BCUT2D eigenvalue weighted by Crippen LogP contribution is 2.27. The summed E-state index contributed by atoms with van der Waals surface area (Å²) in [5.74, 6) is 1.55. The van der Waals surface area contributed by atoms with Crippen LogP contribution in [0.4, 0.5) is 0 Å². The van der Waals surface area contributed by atoms with Crippen molar-refractivity contribution in [2.45, 2.75) is 26.3 Å². The number of aryl methyl sites for hydroxylation is 1. The molecule has 1 aromatic heterocycles. The third kappa shape index (κ3) is 3.81. The van der Waals surface area contributed by atoms with Crippen molar-refractivity contribution in [2.24, 2.45) is 5.73 Å². The van der Waals surface area contributed by atoms with E-state index in [0.717, 1.165) is 35.4 Å². The van der Waals surface area contributed by atoms with Gasteiger partial charge in [-0.25, -0.2) is 0 Å². The predicted molar refractivity (Wildman–Crippen MR) is 79.5 cm³/mol. The molecule has 0 aliphatic heterocycles. The highest BCUT2D eigenvalue weighted by molar-refractivity contribution is 9.10. The molecule has 0 amide bonds. The lowest BCUT2D eigenvalue weighted by Gasteiger charge is -2.07. The second-order valence-electron chi connectivity index (χ2n) is 4.33. The van der Waals surface area contributed by atoms with Crippen LogP contribution in [-0.4, -0.2) is 16.3 Å². The smallest absolute Gasteiger partial charge is 0.165 e. The van der Waals surface area contributed by atoms with Crippen molar-refractivity contribution in [1.29, 1.82) is 0 Å². The number of hydrogen-bond donors (Lipinski definition) is 1. The minimum Gasteiger partial charge on any atom is -0.454 e. The molecule has 0 aliphatic rings. The molecule has 0 fully saturated rings. The monoisotopic (exact) mass is 323 g/mol. The van der Waals surface area contributed by atoms with E-state index in [2.05, 4.69) is 28.0 Å². The van der Waals surface area contributed by atoms with Crippen molar-refractivity contribution < 1.29 is 4.74 Å². The molecule has 4 nitrogen and oxygen atoms in total. The first-order valence-corrected chi connectivity index (χ1v) is 7.21. The lowest BCUT2D eigenvalue weighted by molar-refractivity contribution is 0.480. The van der Waals surface area contributed by atoms with Crippen LogP contribution in [0, 0.1) is 0 Å². The first kappa shape index (κ1) is 14.1. The van der Waals surface area contributed by atoms with Gasteiger partial charge in [-0.05, 0) is 37.1 Å². The Balaban J connectivity index is 2.07. The molecule has 2 aromatic rings. The molecule has 1 aromatic carbocycles. The average molecular weight is 324 g/mol. The topological polar surface area (TPSA) is 53.1 Å². The molecule has 0 radical (unpaired) electrons. The summed E-state index contributed by atoms with van der Waals surface area (Å²) < 4.78 is 8.68. The third-order valence-corrected chi connectivity index (χ3v) is 3.47. The molecule has 2 N–H and O–H groups in total. The molecule has 0 aliphatic carbocycles. The summed E-state index contributed by atoms with van der Waals surface area (Å²) in [6.45, 7) is 3.67. The summed E-state index contributed by atoms with van der Waals surface area (Å²) in [4.78, 5) is 0. The second-order valence-corrected chi connectivity index (χ2v) is 5.19. The number of hydrogen-bond acceptors (Lipinski definition) is 3. The zero-order valence-corrected chi connectivity index (χ0v) is 12.6. The van der Waals surface area contributed by atoms with Gasteiger partial charge in [0.05, 0.1) is 12.4 Å². The normalized spacial score (nSPS) is 10.7. The molecule has 2 rings (SSSR count). The van der Waals surface area contributed by atoms with Gasteiger partial charge < -0.3 is 10.5 Å². The predicted octanol–water partition coefficient (Wildman–Crippen LogP) is 3.35. The number of rotatable bonds is 6. The van der Waals surface area contributed by atoms with Crippen molar-refractivity contribution in [1.82, 2.24) is 9.78 Å². The van der Waals surface area contributed by atoms with Gasteiger partial charge in [0.15, 0.2) is 5.75 Å². The fourth-order valence-corrected chi connectivity index (χ4v) is 2.39. The van der Waals surface area contributed by atoms with E-state index < -0.39 is 0 Å². The van der Waals surface area contributed by atoms with Crippen LogP contribution in [-0.2, 0) is 13.0 Å². The van der Waals surface area contributed by atoms with Crippen molar-refractivity contribution in [3.8, 4) is 11.5 Å². The molecule has 5 heteroatoms. The maximum absolute atomic E-state index is 5.77. The minimum atomic E-state index is 0.641. The zero-order valence-electron chi connectivity index (χ0n) is 11.0. The molecule has 0 saturated carbocycles. The summed E-state index contributed by atoms with van der Waals surface area (Å²) in [5, 5.41) is 4.23. The van der Waals surface area contributed by atoms with Gasteiger partial charge in [-0.3, -0.25) is 4.68 Å². The van der Waals surface area contributed by atoms with E-state index in [1.165, 1.54) is 5.56 Å². The Morgan fingerprint density at radius 3 is 2.89 bits per heavy atom. The van der Waals surface area contributed by atoms with E-state index in [1.54, 1.807) is 6.20 Å². The number of halogens is 1. The fourth-order valence-electron chi connectivity index (χ4n) is 1.83. The van der Waals surface area contributed by atoms with Gasteiger partial charge in [0.2, 0.25) is 0 Å². The maximum atomic E-state index is 5.77. The molecule has 0 atom stereocenters. The Labute approximate surface area is 121 Å². The summed E-state index contributed by atoms with van der Waals surface area (Å²) in [7, 11) is 0. The summed E-state index contributed by atoms with van der Waals surface area (Å²) in [6, 6.07) is 5.94. The van der Waals surface area contributed by atoms with Gasteiger partial charge in [-0.1, -0.05) is 28.9 Å². The zero-order chi connectivity index (χ0) is 13.7. The Kier molecular flexibility index (Phi) is 4.99. The van der Waals surface area contributed by atoms with Gasteiger partial charge in [-0.2, -0.15) is 5.10 Å². The van der Waals surface area contributed by atoms with Crippen molar-refractivity contribution >= 4 is 15.9 Å². The molecule has 0 saturated heterocycles. The number of aromatic nitrogens is 2. The van der Waals surface area contributed by atoms with E-state index in [4.69, 9.17) is 10.5 Å². The van der Waals surface area contributed by atoms with Gasteiger partial charge in [0.1, 0.15) is 5.75 Å². The minimum absolute atomic E-state index is 0.641. The van der Waals surface area contributed by atoms with E-state index in [1.807, 2.05) is 29.1 Å². The molecular weight excluding hydrogens is 306 g/mol. The number of ether oxygens (including phenoxy) is 1. The van der Waals surface area contributed by atoms with Crippen LogP contribution >= 0.6 is 15.9 Å². The van der Waals surface area contributed by atoms with Crippen molar-refractivity contribution in [3.63, 3.8) is 0 Å². The van der Waals surface area contributed by atoms with Crippen LogP contribution in [0.15, 0.2) is 35.1 Å². The van der Waals surface area contributed by atoms with Gasteiger partial charge in [-0.15, -0.1) is 0 Å². The van der Waals surface area contributed by atoms with Crippen LogP contribution in [0.25, 0.3) is 0 Å². The quantitative estimate of drug-likeness (QED) is 0.886. The first-order valence-electron chi connectivity index (χ1n) is 6.41. The Hall–Kier alpha value is -1.33. The standard InChI is InChI=1S/C14H18BrN3O/c1-2-7-18-10-13(9-17-18)19-12-4-3-11(5-6-16)14(15)8-12/h3-4,8-10H,2,5-7,16H2,1H3. The Morgan fingerprint density at radius 2 is 2.21 bits per heavy atom. The molecule has 0 unspecified atom stereocenters. The van der Waals surface area contributed by atoms with Gasteiger partial charge in [0.25, 0.3) is 0 Å². The second kappa shape index (κ2) is 6.73. The van der Waals surface area contributed by atoms with Crippen LogP contribution < -0.4 is 10.5 Å². The first-order chi connectivity index (χ1) is 9.22. The summed E-state index contributed by atoms with van der Waals surface area (Å²) in [5.41, 5.74) is 6.75. The Bertz CT molecular complexity index is 539. The fraction of sp³-hybridized carbons (Fsp3) is 0.357. The van der Waals surface area contributed by atoms with Crippen LogP contribution in [0.2, 0.25) is 0 Å². The number of nitrogens with zero attached hydrogens (tertiary/aromatic N) is 2. The molecule has 19 heavy (non-hydrogen) atoms. The van der Waals surface area contributed by atoms with Crippen LogP contribution in [0.3, 0.4) is 0 Å². The van der Waals surface area contributed by atoms with E-state index in [0.29, 0.717) is 6.54 Å². The molecule has 0 spiro atoms. The molecular formula is C14H18BrN3O. The number of benzene rings is 1. The van der Waals surface area contributed by atoms with E-state index >= 15 is 0 Å². The van der Waals surface area contributed by atoms with E-state index in [-0.39, 0.29) is 0 Å². The molecule has 0 bridgehead atoms. The van der Waals surface area contributed by atoms with Crippen LogP contribution in [0.1, 0.15) is 18.9 Å². The lowest BCUT2D eigenvalue weighted by Crippen LogP contribution is -2.03. The molecule has 1 heterocycles. The summed E-state index contributed by atoms with van der Waals surface area (Å²) in [6.07, 6.45) is 5.55.